The van der Waals surface area contributed by atoms with Crippen LogP contribution in [0.4, 0.5) is 0 Å². The van der Waals surface area contributed by atoms with Crippen LogP contribution >= 0.6 is 27.5 Å². The van der Waals surface area contributed by atoms with Crippen molar-refractivity contribution in [2.75, 3.05) is 6.54 Å². The molecule has 3 aromatic rings. The topological polar surface area (TPSA) is 21.1 Å². The molecule has 3 nitrogen and oxygen atoms in total. The van der Waals surface area contributed by atoms with Crippen molar-refractivity contribution >= 4 is 27.5 Å². The Morgan fingerprint density at radius 2 is 1.76 bits per heavy atom. The minimum absolute atomic E-state index is 0.639. The molecule has 0 amide bonds. The van der Waals surface area contributed by atoms with Crippen LogP contribution in [0, 0.1) is 0 Å². The molecule has 2 heterocycles. The molecule has 0 saturated carbocycles. The van der Waals surface area contributed by atoms with E-state index in [1.807, 2.05) is 6.07 Å². The summed E-state index contributed by atoms with van der Waals surface area (Å²) in [6.45, 7) is 3.58. The average molecular weight is 417 g/mol. The Kier molecular flexibility index (Phi) is 4.93. The van der Waals surface area contributed by atoms with Crippen molar-refractivity contribution in [3.05, 3.63) is 86.6 Å². The monoisotopic (exact) mass is 415 g/mol. The van der Waals surface area contributed by atoms with Crippen molar-refractivity contribution in [3.8, 4) is 0 Å². The molecule has 1 aromatic heterocycles. The number of benzene rings is 2. The zero-order valence-electron chi connectivity index (χ0n) is 13.8. The van der Waals surface area contributed by atoms with E-state index >= 15 is 0 Å². The fraction of sp³-hybridized carbons (Fsp3) is 0.250. The summed E-state index contributed by atoms with van der Waals surface area (Å²) in [6.07, 6.45) is 0.979. The molecule has 0 fully saturated rings. The molecular weight excluding hydrogens is 398 g/mol. The fourth-order valence-corrected chi connectivity index (χ4v) is 4.07. The molecule has 1 aliphatic heterocycles. The highest BCUT2D eigenvalue weighted by atomic mass is 79.9. The summed E-state index contributed by atoms with van der Waals surface area (Å²) in [6, 6.07) is 18.9. The number of fused-ring (bicyclic) bond motifs is 1. The van der Waals surface area contributed by atoms with Crippen molar-refractivity contribution < 1.29 is 0 Å². The second-order valence-corrected chi connectivity index (χ2v) is 7.62. The number of halogens is 2. The highest BCUT2D eigenvalue weighted by Gasteiger charge is 2.24. The first-order valence-electron chi connectivity index (χ1n) is 8.44. The van der Waals surface area contributed by atoms with Crippen molar-refractivity contribution in [3.63, 3.8) is 0 Å². The third-order valence-corrected chi connectivity index (χ3v) is 5.77. The van der Waals surface area contributed by atoms with Crippen molar-refractivity contribution in [2.45, 2.75) is 26.1 Å². The Hall–Kier alpha value is -1.62. The summed E-state index contributed by atoms with van der Waals surface area (Å²) in [5.41, 5.74) is 5.00. The van der Waals surface area contributed by atoms with Gasteiger partial charge in [0.2, 0.25) is 0 Å². The summed E-state index contributed by atoms with van der Waals surface area (Å²) in [4.78, 5) is 2.44. The maximum absolute atomic E-state index is 6.47. The molecule has 25 heavy (non-hydrogen) atoms. The van der Waals surface area contributed by atoms with Gasteiger partial charge in [-0.2, -0.15) is 5.10 Å². The fourth-order valence-electron chi connectivity index (χ4n) is 3.40. The van der Waals surface area contributed by atoms with Crippen LogP contribution in [0.1, 0.15) is 22.4 Å². The van der Waals surface area contributed by atoms with Crippen LogP contribution in [0.15, 0.2) is 59.1 Å². The third-order valence-electron chi connectivity index (χ3n) is 4.69. The highest BCUT2D eigenvalue weighted by molar-refractivity contribution is 9.10. The van der Waals surface area contributed by atoms with E-state index in [1.54, 1.807) is 0 Å². The van der Waals surface area contributed by atoms with E-state index in [2.05, 4.69) is 79.1 Å². The molecule has 0 atom stereocenters. The molecule has 1 aliphatic rings. The van der Waals surface area contributed by atoms with Gasteiger partial charge in [0.05, 0.1) is 6.54 Å². The molecule has 0 aliphatic carbocycles. The molecule has 0 unspecified atom stereocenters. The van der Waals surface area contributed by atoms with E-state index in [0.29, 0.717) is 5.15 Å². The first-order valence-corrected chi connectivity index (χ1v) is 9.61. The quantitative estimate of drug-likeness (QED) is 0.603. The SMILES string of the molecule is Clc1nn(Cc2ccccc2Br)c2c1CN(Cc1ccccc1)CC2. The number of nitrogens with zero attached hydrogens (tertiary/aromatic N) is 3. The van der Waals surface area contributed by atoms with E-state index in [0.717, 1.165) is 37.1 Å². The van der Waals surface area contributed by atoms with Gasteiger partial charge in [-0.25, -0.2) is 0 Å². The van der Waals surface area contributed by atoms with Gasteiger partial charge in [-0.1, -0.05) is 76.1 Å². The maximum atomic E-state index is 6.47. The Morgan fingerprint density at radius 1 is 1.00 bits per heavy atom. The predicted octanol–water partition coefficient (Wildman–Crippen LogP) is 4.91. The first kappa shape index (κ1) is 16.8. The second kappa shape index (κ2) is 7.32. The van der Waals surface area contributed by atoms with Crippen LogP contribution in [-0.2, 0) is 26.1 Å². The van der Waals surface area contributed by atoms with E-state index in [-0.39, 0.29) is 0 Å². The lowest BCUT2D eigenvalue weighted by Gasteiger charge is -2.27. The highest BCUT2D eigenvalue weighted by Crippen LogP contribution is 2.28. The molecule has 0 saturated heterocycles. The second-order valence-electron chi connectivity index (χ2n) is 6.41. The van der Waals surface area contributed by atoms with Gasteiger partial charge in [-0.15, -0.1) is 0 Å². The molecule has 128 valence electrons. The Balaban J connectivity index is 1.54. The standard InChI is InChI=1S/C20H19BrClN3/c21-18-9-5-4-8-16(18)13-25-19-10-11-24(14-17(19)20(22)23-25)12-15-6-2-1-3-7-15/h1-9H,10-14H2. The predicted molar refractivity (Wildman–Crippen MR) is 105 cm³/mol. The largest absolute Gasteiger partial charge is 0.294 e. The van der Waals surface area contributed by atoms with Crippen molar-refractivity contribution in [1.29, 1.82) is 0 Å². The van der Waals surface area contributed by atoms with E-state index in [1.165, 1.54) is 22.4 Å². The Labute approximate surface area is 161 Å². The molecule has 0 bridgehead atoms. The van der Waals surface area contributed by atoms with Crippen molar-refractivity contribution in [1.82, 2.24) is 14.7 Å². The van der Waals surface area contributed by atoms with Gasteiger partial charge in [0, 0.05) is 41.8 Å². The molecular formula is C20H19BrClN3. The Morgan fingerprint density at radius 3 is 2.56 bits per heavy atom. The van der Waals surface area contributed by atoms with Crippen LogP contribution in [-0.4, -0.2) is 21.2 Å². The molecule has 0 N–H and O–H groups in total. The number of hydrogen-bond donors (Lipinski definition) is 0. The molecule has 2 aromatic carbocycles. The van der Waals surface area contributed by atoms with Crippen LogP contribution in [0.2, 0.25) is 5.15 Å². The first-order chi connectivity index (χ1) is 12.2. The van der Waals surface area contributed by atoms with Gasteiger partial charge in [-0.05, 0) is 17.2 Å². The van der Waals surface area contributed by atoms with E-state index < -0.39 is 0 Å². The van der Waals surface area contributed by atoms with E-state index in [4.69, 9.17) is 11.6 Å². The summed E-state index contributed by atoms with van der Waals surface area (Å²) in [5.74, 6) is 0. The zero-order valence-corrected chi connectivity index (χ0v) is 16.2. The summed E-state index contributed by atoms with van der Waals surface area (Å²) < 4.78 is 3.18. The van der Waals surface area contributed by atoms with Gasteiger partial charge in [0.1, 0.15) is 0 Å². The smallest absolute Gasteiger partial charge is 0.155 e. The summed E-state index contributed by atoms with van der Waals surface area (Å²) in [5, 5.41) is 5.24. The summed E-state index contributed by atoms with van der Waals surface area (Å²) in [7, 11) is 0. The molecule has 0 radical (unpaired) electrons. The molecule has 0 spiro atoms. The van der Waals surface area contributed by atoms with E-state index in [9.17, 15) is 0 Å². The lowest BCUT2D eigenvalue weighted by Crippen LogP contribution is -2.30. The van der Waals surface area contributed by atoms with Crippen LogP contribution in [0.5, 0.6) is 0 Å². The minimum Gasteiger partial charge on any atom is -0.294 e. The third kappa shape index (κ3) is 3.66. The van der Waals surface area contributed by atoms with Crippen LogP contribution in [0.25, 0.3) is 0 Å². The van der Waals surface area contributed by atoms with Gasteiger partial charge in [-0.3, -0.25) is 9.58 Å². The van der Waals surface area contributed by atoms with Gasteiger partial charge < -0.3 is 0 Å². The van der Waals surface area contributed by atoms with Gasteiger partial charge in [0.25, 0.3) is 0 Å². The molecule has 4 rings (SSSR count). The van der Waals surface area contributed by atoms with Crippen LogP contribution in [0.3, 0.4) is 0 Å². The average Bonchev–Trinajstić information content (AvgIpc) is 2.93. The van der Waals surface area contributed by atoms with Crippen molar-refractivity contribution in [2.24, 2.45) is 0 Å². The lowest BCUT2D eigenvalue weighted by atomic mass is 10.1. The number of rotatable bonds is 4. The zero-order chi connectivity index (χ0) is 17.2. The van der Waals surface area contributed by atoms with Gasteiger partial charge in [0.15, 0.2) is 5.15 Å². The number of hydrogen-bond acceptors (Lipinski definition) is 2. The maximum Gasteiger partial charge on any atom is 0.155 e. The molecule has 5 heteroatoms. The Bertz CT molecular complexity index is 876. The normalized spacial score (nSPS) is 14.5. The minimum atomic E-state index is 0.639. The lowest BCUT2D eigenvalue weighted by molar-refractivity contribution is 0.242. The number of aromatic nitrogens is 2. The van der Waals surface area contributed by atoms with Gasteiger partial charge >= 0.3 is 0 Å². The van der Waals surface area contributed by atoms with Crippen LogP contribution < -0.4 is 0 Å². The summed E-state index contributed by atoms with van der Waals surface area (Å²) >= 11 is 10.1.